The number of aromatic nitrogens is 1. The summed E-state index contributed by atoms with van der Waals surface area (Å²) in [5.41, 5.74) is 0.551. The van der Waals surface area contributed by atoms with E-state index < -0.39 is 6.36 Å². The maximum atomic E-state index is 12.3. The summed E-state index contributed by atoms with van der Waals surface area (Å²) in [5, 5.41) is 8.74. The Morgan fingerprint density at radius 1 is 1.05 bits per heavy atom. The first-order chi connectivity index (χ1) is 8.99. The molecule has 0 saturated carbocycles. The average Bonchev–Trinajstić information content (AvgIpc) is 2.37. The van der Waals surface area contributed by atoms with Crippen LogP contribution in [-0.2, 0) is 0 Å². The Labute approximate surface area is 106 Å². The summed E-state index contributed by atoms with van der Waals surface area (Å²) in [6, 6.07) is 12.0. The number of para-hydroxylation sites is 1. The predicted octanol–water partition coefficient (Wildman–Crippen LogP) is 3.52. The molecule has 2 rings (SSSR count). The number of halogens is 3. The second kappa shape index (κ2) is 4.98. The number of ether oxygens (including phenoxy) is 1. The maximum Gasteiger partial charge on any atom is 0.573 e. The second-order valence-electron chi connectivity index (χ2n) is 3.56. The summed E-state index contributed by atoms with van der Waals surface area (Å²) in [6.07, 6.45) is -4.77. The molecule has 0 spiro atoms. The molecule has 1 aromatic heterocycles. The van der Waals surface area contributed by atoms with Gasteiger partial charge in [0.2, 0.25) is 0 Å². The summed E-state index contributed by atoms with van der Waals surface area (Å²) in [7, 11) is 0. The normalized spacial score (nSPS) is 10.8. The Hall–Kier alpha value is -2.55. The molecule has 3 nitrogen and oxygen atoms in total. The van der Waals surface area contributed by atoms with Crippen LogP contribution >= 0.6 is 0 Å². The summed E-state index contributed by atoms with van der Waals surface area (Å²) in [6.45, 7) is 0. The highest BCUT2D eigenvalue weighted by molar-refractivity contribution is 5.67. The van der Waals surface area contributed by atoms with Crippen LogP contribution in [0, 0.1) is 11.3 Å². The molecule has 0 aliphatic rings. The molecule has 6 heteroatoms. The van der Waals surface area contributed by atoms with Crippen molar-refractivity contribution in [3.8, 4) is 23.1 Å². The van der Waals surface area contributed by atoms with Gasteiger partial charge in [0, 0.05) is 5.56 Å². The molecule has 1 aromatic carbocycles. The fraction of sp³-hybridized carbons (Fsp3) is 0.0769. The molecule has 0 N–H and O–H groups in total. The molecule has 1 heterocycles. The van der Waals surface area contributed by atoms with Gasteiger partial charge >= 0.3 is 6.36 Å². The monoisotopic (exact) mass is 264 g/mol. The van der Waals surface area contributed by atoms with Gasteiger partial charge in [0.05, 0.1) is 5.69 Å². The van der Waals surface area contributed by atoms with Gasteiger partial charge in [0.15, 0.2) is 0 Å². The number of pyridine rings is 1. The van der Waals surface area contributed by atoms with Crippen LogP contribution in [0.2, 0.25) is 0 Å². The Morgan fingerprint density at radius 2 is 1.79 bits per heavy atom. The lowest BCUT2D eigenvalue weighted by Crippen LogP contribution is -2.17. The number of alkyl halides is 3. The van der Waals surface area contributed by atoms with Crippen molar-refractivity contribution in [1.82, 2.24) is 4.98 Å². The predicted molar refractivity (Wildman–Crippen MR) is 61.1 cm³/mol. The number of benzene rings is 1. The van der Waals surface area contributed by atoms with E-state index in [1.165, 1.54) is 30.3 Å². The summed E-state index contributed by atoms with van der Waals surface area (Å²) in [4.78, 5) is 3.94. The molecule has 0 unspecified atom stereocenters. The molecule has 0 aliphatic heterocycles. The van der Waals surface area contributed by atoms with E-state index in [-0.39, 0.29) is 22.7 Å². The molecule has 2 aromatic rings. The highest BCUT2D eigenvalue weighted by Crippen LogP contribution is 2.32. The Balaban J connectivity index is 2.47. The van der Waals surface area contributed by atoms with Gasteiger partial charge in [-0.1, -0.05) is 18.2 Å². The van der Waals surface area contributed by atoms with Crippen molar-refractivity contribution in [1.29, 1.82) is 5.26 Å². The molecular formula is C13H7F3N2O. The molecule has 0 bridgehead atoms. The number of hydrogen-bond acceptors (Lipinski definition) is 3. The van der Waals surface area contributed by atoms with E-state index in [1.54, 1.807) is 12.1 Å². The molecule has 0 atom stereocenters. The zero-order valence-electron chi connectivity index (χ0n) is 9.48. The molecule has 0 saturated heterocycles. The van der Waals surface area contributed by atoms with Crippen LogP contribution < -0.4 is 4.74 Å². The minimum Gasteiger partial charge on any atom is -0.405 e. The largest absolute Gasteiger partial charge is 0.573 e. The lowest BCUT2D eigenvalue weighted by molar-refractivity contribution is -0.274. The number of rotatable bonds is 2. The van der Waals surface area contributed by atoms with Crippen molar-refractivity contribution in [3.63, 3.8) is 0 Å². The van der Waals surface area contributed by atoms with E-state index >= 15 is 0 Å². The third-order valence-electron chi connectivity index (χ3n) is 2.25. The van der Waals surface area contributed by atoms with Crippen LogP contribution in [0.15, 0.2) is 42.5 Å². The van der Waals surface area contributed by atoms with E-state index in [0.29, 0.717) is 0 Å². The van der Waals surface area contributed by atoms with E-state index in [0.717, 1.165) is 0 Å². The van der Waals surface area contributed by atoms with Crippen molar-refractivity contribution in [2.24, 2.45) is 0 Å². The molecule has 0 fully saturated rings. The van der Waals surface area contributed by atoms with Gasteiger partial charge < -0.3 is 4.74 Å². The Morgan fingerprint density at radius 3 is 2.47 bits per heavy atom. The van der Waals surface area contributed by atoms with Gasteiger partial charge in [0.25, 0.3) is 0 Å². The van der Waals surface area contributed by atoms with Crippen molar-refractivity contribution in [2.75, 3.05) is 0 Å². The van der Waals surface area contributed by atoms with Crippen LogP contribution in [0.5, 0.6) is 5.75 Å². The average molecular weight is 264 g/mol. The number of nitrogens with zero attached hydrogens (tertiary/aromatic N) is 2. The Kier molecular flexibility index (Phi) is 3.38. The first-order valence-electron chi connectivity index (χ1n) is 5.22. The van der Waals surface area contributed by atoms with Gasteiger partial charge in [-0.25, -0.2) is 4.98 Å². The quantitative estimate of drug-likeness (QED) is 0.833. The van der Waals surface area contributed by atoms with Gasteiger partial charge in [-0.05, 0) is 24.3 Å². The smallest absolute Gasteiger partial charge is 0.405 e. The first-order valence-corrected chi connectivity index (χ1v) is 5.22. The lowest BCUT2D eigenvalue weighted by Gasteiger charge is -2.12. The molecular weight excluding hydrogens is 257 g/mol. The third kappa shape index (κ3) is 3.22. The van der Waals surface area contributed by atoms with Crippen LogP contribution in [0.1, 0.15) is 5.69 Å². The van der Waals surface area contributed by atoms with E-state index in [2.05, 4.69) is 9.72 Å². The molecule has 0 radical (unpaired) electrons. The second-order valence-corrected chi connectivity index (χ2v) is 3.56. The first kappa shape index (κ1) is 12.9. The van der Waals surface area contributed by atoms with Crippen molar-refractivity contribution in [2.45, 2.75) is 6.36 Å². The topological polar surface area (TPSA) is 45.9 Å². The van der Waals surface area contributed by atoms with Crippen LogP contribution in [0.25, 0.3) is 11.3 Å². The van der Waals surface area contributed by atoms with Gasteiger partial charge in [-0.15, -0.1) is 13.2 Å². The molecule has 19 heavy (non-hydrogen) atoms. The summed E-state index contributed by atoms with van der Waals surface area (Å²) < 4.78 is 40.8. The standard InChI is InChI=1S/C13H7F3N2O/c14-13(15,16)19-12-7-2-1-5-10(12)11-6-3-4-9(8-17)18-11/h1-7H. The van der Waals surface area contributed by atoms with E-state index in [4.69, 9.17) is 5.26 Å². The number of hydrogen-bond donors (Lipinski definition) is 0. The highest BCUT2D eigenvalue weighted by Gasteiger charge is 2.32. The van der Waals surface area contributed by atoms with Gasteiger partial charge in [-0.2, -0.15) is 5.26 Å². The zero-order valence-corrected chi connectivity index (χ0v) is 9.48. The minimum absolute atomic E-state index is 0.124. The fourth-order valence-corrected chi connectivity index (χ4v) is 1.54. The van der Waals surface area contributed by atoms with Gasteiger partial charge in [-0.3, -0.25) is 0 Å². The van der Waals surface area contributed by atoms with Crippen LogP contribution in [-0.4, -0.2) is 11.3 Å². The zero-order chi connectivity index (χ0) is 13.9. The minimum atomic E-state index is -4.77. The third-order valence-corrected chi connectivity index (χ3v) is 2.25. The lowest BCUT2D eigenvalue weighted by atomic mass is 10.1. The van der Waals surface area contributed by atoms with Crippen LogP contribution in [0.3, 0.4) is 0 Å². The fourth-order valence-electron chi connectivity index (χ4n) is 1.54. The molecule has 0 amide bonds. The van der Waals surface area contributed by atoms with E-state index in [1.807, 2.05) is 6.07 Å². The maximum absolute atomic E-state index is 12.3. The number of nitriles is 1. The van der Waals surface area contributed by atoms with Crippen molar-refractivity contribution >= 4 is 0 Å². The summed E-state index contributed by atoms with van der Waals surface area (Å²) >= 11 is 0. The molecule has 0 aliphatic carbocycles. The Bertz CT molecular complexity index is 632. The van der Waals surface area contributed by atoms with Crippen LogP contribution in [0.4, 0.5) is 13.2 Å². The highest BCUT2D eigenvalue weighted by atomic mass is 19.4. The van der Waals surface area contributed by atoms with Crippen molar-refractivity contribution < 1.29 is 17.9 Å². The van der Waals surface area contributed by atoms with Crippen molar-refractivity contribution in [3.05, 3.63) is 48.2 Å². The summed E-state index contributed by atoms with van der Waals surface area (Å²) in [5.74, 6) is -0.349. The van der Waals surface area contributed by atoms with E-state index in [9.17, 15) is 13.2 Å². The SMILES string of the molecule is N#Cc1cccc(-c2ccccc2OC(F)(F)F)n1. The molecule has 96 valence electrons. The van der Waals surface area contributed by atoms with Gasteiger partial charge in [0.1, 0.15) is 17.5 Å².